The third-order valence-electron chi connectivity index (χ3n) is 2.72. The molecular weight excluding hydrogens is 246 g/mol. The van der Waals surface area contributed by atoms with Gasteiger partial charge >= 0.3 is 0 Å². The molecule has 0 aliphatic heterocycles. The van der Waals surface area contributed by atoms with Crippen molar-refractivity contribution in [3.8, 4) is 5.75 Å². The summed E-state index contributed by atoms with van der Waals surface area (Å²) in [6, 6.07) is 11.7. The molecule has 0 amide bonds. The first-order valence-electron chi connectivity index (χ1n) is 5.81. The molecule has 0 spiro atoms. The highest BCUT2D eigenvalue weighted by atomic mass is 32.1. The van der Waals surface area contributed by atoms with Crippen LogP contribution in [0.2, 0.25) is 0 Å². The van der Waals surface area contributed by atoms with E-state index in [-0.39, 0.29) is 12.6 Å². The van der Waals surface area contributed by atoms with Crippen LogP contribution in [-0.2, 0) is 0 Å². The van der Waals surface area contributed by atoms with Gasteiger partial charge in [-0.3, -0.25) is 0 Å². The molecule has 0 saturated carbocycles. The van der Waals surface area contributed by atoms with Crippen LogP contribution in [0.1, 0.15) is 15.8 Å². The Bertz CT molecular complexity index is 510. The number of aryl methyl sites for hydroxylation is 1. The van der Waals surface area contributed by atoms with Crippen LogP contribution in [0.4, 0.5) is 5.69 Å². The predicted molar refractivity (Wildman–Crippen MR) is 75.5 cm³/mol. The predicted octanol–water partition coefficient (Wildman–Crippen LogP) is 3.21. The second kappa shape index (κ2) is 5.89. The van der Waals surface area contributed by atoms with Crippen LogP contribution in [-0.4, -0.2) is 18.8 Å². The fourth-order valence-corrected chi connectivity index (χ4v) is 2.72. The van der Waals surface area contributed by atoms with Gasteiger partial charge in [-0.25, -0.2) is 0 Å². The number of aliphatic hydroxyl groups excluding tert-OH is 1. The fourth-order valence-electron chi connectivity index (χ4n) is 1.80. The van der Waals surface area contributed by atoms with E-state index in [0.29, 0.717) is 0 Å². The Hall–Kier alpha value is -1.52. The molecule has 0 radical (unpaired) electrons. The van der Waals surface area contributed by atoms with Crippen LogP contribution in [0.3, 0.4) is 0 Å². The smallest absolute Gasteiger partial charge is 0.141 e. The number of hydrogen-bond donors (Lipinski definition) is 2. The first-order chi connectivity index (χ1) is 8.74. The number of hydrogen-bond acceptors (Lipinski definition) is 4. The number of para-hydroxylation sites is 2. The zero-order chi connectivity index (χ0) is 13.0. The molecule has 3 nitrogen and oxygen atoms in total. The second-order valence-electron chi connectivity index (χ2n) is 4.03. The number of rotatable bonds is 5. The summed E-state index contributed by atoms with van der Waals surface area (Å²) >= 11 is 1.69. The molecule has 96 valence electrons. The summed E-state index contributed by atoms with van der Waals surface area (Å²) in [5.41, 5.74) is 0.894. The van der Waals surface area contributed by atoms with Crippen molar-refractivity contribution < 1.29 is 9.84 Å². The summed E-state index contributed by atoms with van der Waals surface area (Å²) in [7, 11) is 1.64. The lowest BCUT2D eigenvalue weighted by atomic mass is 10.2. The molecule has 2 N–H and O–H groups in total. The lowest BCUT2D eigenvalue weighted by molar-refractivity contribution is 0.277. The van der Waals surface area contributed by atoms with Gasteiger partial charge in [-0.05, 0) is 31.2 Å². The lowest BCUT2D eigenvalue weighted by Crippen LogP contribution is -2.14. The molecule has 2 rings (SSSR count). The number of aliphatic hydroxyl groups is 1. The molecular formula is C14H17NO2S. The Labute approximate surface area is 111 Å². The largest absolute Gasteiger partial charge is 0.495 e. The van der Waals surface area contributed by atoms with Crippen molar-refractivity contribution in [3.05, 3.63) is 46.2 Å². The van der Waals surface area contributed by atoms with E-state index in [9.17, 15) is 5.11 Å². The molecule has 0 aliphatic carbocycles. The van der Waals surface area contributed by atoms with Gasteiger partial charge in [-0.2, -0.15) is 0 Å². The third-order valence-corrected chi connectivity index (χ3v) is 3.84. The molecule has 1 heterocycles. The maximum atomic E-state index is 9.52. The van der Waals surface area contributed by atoms with E-state index in [4.69, 9.17) is 4.74 Å². The van der Waals surface area contributed by atoms with E-state index in [1.54, 1.807) is 18.4 Å². The van der Waals surface area contributed by atoms with Crippen molar-refractivity contribution in [1.29, 1.82) is 0 Å². The Kier molecular flexibility index (Phi) is 4.23. The molecule has 0 bridgehead atoms. The summed E-state index contributed by atoms with van der Waals surface area (Å²) in [4.78, 5) is 2.37. The first-order valence-corrected chi connectivity index (χ1v) is 6.63. The highest BCUT2D eigenvalue weighted by Gasteiger charge is 2.14. The van der Waals surface area contributed by atoms with Crippen LogP contribution in [0, 0.1) is 6.92 Å². The molecule has 1 unspecified atom stereocenters. The summed E-state index contributed by atoms with van der Waals surface area (Å²) in [6.45, 7) is 2.11. The van der Waals surface area contributed by atoms with E-state index in [1.807, 2.05) is 30.3 Å². The molecule has 0 saturated heterocycles. The monoisotopic (exact) mass is 263 g/mol. The maximum absolute atomic E-state index is 9.52. The molecule has 4 heteroatoms. The van der Waals surface area contributed by atoms with E-state index in [0.717, 1.165) is 16.3 Å². The van der Waals surface area contributed by atoms with Gasteiger partial charge in [0.2, 0.25) is 0 Å². The van der Waals surface area contributed by atoms with E-state index >= 15 is 0 Å². The van der Waals surface area contributed by atoms with E-state index < -0.39 is 0 Å². The van der Waals surface area contributed by atoms with Crippen LogP contribution >= 0.6 is 11.3 Å². The maximum Gasteiger partial charge on any atom is 0.141 e. The van der Waals surface area contributed by atoms with Crippen LogP contribution < -0.4 is 10.1 Å². The minimum Gasteiger partial charge on any atom is -0.495 e. The highest BCUT2D eigenvalue weighted by Crippen LogP contribution is 2.30. The minimum atomic E-state index is -0.0972. The topological polar surface area (TPSA) is 41.5 Å². The van der Waals surface area contributed by atoms with Crippen molar-refractivity contribution in [2.45, 2.75) is 13.0 Å². The highest BCUT2D eigenvalue weighted by molar-refractivity contribution is 7.12. The molecule has 2 aromatic rings. The van der Waals surface area contributed by atoms with Crippen molar-refractivity contribution >= 4 is 17.0 Å². The van der Waals surface area contributed by atoms with E-state index in [1.165, 1.54) is 4.88 Å². The standard InChI is InChI=1S/C14H17NO2S/c1-10-7-8-14(18-10)12(9-16)15-11-5-3-4-6-13(11)17-2/h3-8,12,15-16H,9H2,1-2H3. The Balaban J connectivity index is 2.20. The van der Waals surface area contributed by atoms with Crippen molar-refractivity contribution in [2.24, 2.45) is 0 Å². The van der Waals surface area contributed by atoms with Crippen molar-refractivity contribution in [3.63, 3.8) is 0 Å². The van der Waals surface area contributed by atoms with Crippen LogP contribution in [0.25, 0.3) is 0 Å². The molecule has 0 fully saturated rings. The summed E-state index contributed by atoms with van der Waals surface area (Å²) < 4.78 is 5.29. The molecule has 18 heavy (non-hydrogen) atoms. The van der Waals surface area contributed by atoms with Gasteiger partial charge in [0.1, 0.15) is 5.75 Å². The minimum absolute atomic E-state index is 0.0536. The lowest BCUT2D eigenvalue weighted by Gasteiger charge is -2.18. The number of thiophene rings is 1. The van der Waals surface area contributed by atoms with Crippen molar-refractivity contribution in [2.75, 3.05) is 19.0 Å². The Morgan fingerprint density at radius 2 is 2.06 bits per heavy atom. The number of methoxy groups -OCH3 is 1. The molecule has 0 aliphatic rings. The van der Waals surface area contributed by atoms with Crippen LogP contribution in [0.5, 0.6) is 5.75 Å². The fraction of sp³-hybridized carbons (Fsp3) is 0.286. The number of anilines is 1. The first kappa shape index (κ1) is 12.9. The quantitative estimate of drug-likeness (QED) is 0.870. The number of benzene rings is 1. The van der Waals surface area contributed by atoms with Gasteiger partial charge in [0.05, 0.1) is 25.4 Å². The van der Waals surface area contributed by atoms with Gasteiger partial charge < -0.3 is 15.2 Å². The number of ether oxygens (including phenoxy) is 1. The normalized spacial score (nSPS) is 12.2. The SMILES string of the molecule is COc1ccccc1NC(CO)c1ccc(C)s1. The average molecular weight is 263 g/mol. The second-order valence-corrected chi connectivity index (χ2v) is 5.35. The Morgan fingerprint density at radius 3 is 2.67 bits per heavy atom. The molecule has 1 aromatic carbocycles. The van der Waals surface area contributed by atoms with Gasteiger partial charge in [-0.15, -0.1) is 11.3 Å². The average Bonchev–Trinajstić information content (AvgIpc) is 2.83. The third kappa shape index (κ3) is 2.83. The van der Waals surface area contributed by atoms with Crippen LogP contribution in [0.15, 0.2) is 36.4 Å². The van der Waals surface area contributed by atoms with Gasteiger partial charge in [-0.1, -0.05) is 12.1 Å². The Morgan fingerprint density at radius 1 is 1.28 bits per heavy atom. The number of nitrogens with one attached hydrogen (secondary N) is 1. The summed E-state index contributed by atoms with van der Waals surface area (Å²) in [6.07, 6.45) is 0. The molecule has 1 atom stereocenters. The zero-order valence-corrected chi connectivity index (χ0v) is 11.3. The summed E-state index contributed by atoms with van der Waals surface area (Å²) in [5.74, 6) is 0.782. The summed E-state index contributed by atoms with van der Waals surface area (Å²) in [5, 5.41) is 12.8. The van der Waals surface area contributed by atoms with Gasteiger partial charge in [0, 0.05) is 9.75 Å². The van der Waals surface area contributed by atoms with Crippen molar-refractivity contribution in [1.82, 2.24) is 0 Å². The van der Waals surface area contributed by atoms with Gasteiger partial charge in [0.15, 0.2) is 0 Å². The zero-order valence-electron chi connectivity index (χ0n) is 10.5. The van der Waals surface area contributed by atoms with E-state index in [2.05, 4.69) is 18.3 Å². The van der Waals surface area contributed by atoms with Gasteiger partial charge in [0.25, 0.3) is 0 Å². The molecule has 1 aromatic heterocycles.